The molecule has 0 aromatic carbocycles. The third-order valence-corrected chi connectivity index (χ3v) is 12.5. The summed E-state index contributed by atoms with van der Waals surface area (Å²) < 4.78 is 5.93. The number of ether oxygens (including phenoxy) is 1. The molecule has 3 atom stereocenters. The molecule has 368 valence electrons. The fourth-order valence-electron chi connectivity index (χ4n) is 8.38. The molecular weight excluding hydrogens is 779 g/mol. The van der Waals surface area contributed by atoms with Crippen LogP contribution in [0.5, 0.6) is 0 Å². The molecule has 0 bridgehead atoms. The monoisotopic (exact) mass is 884 g/mol. The average molecular weight is 884 g/mol. The Labute approximate surface area is 391 Å². The first-order chi connectivity index (χ1) is 31.0. The molecule has 1 amide bonds. The van der Waals surface area contributed by atoms with E-state index in [9.17, 15) is 19.8 Å². The smallest absolute Gasteiger partial charge is 0.306 e. The predicted octanol–water partition coefficient (Wildman–Crippen LogP) is 16.6. The number of hydrogen-bond acceptors (Lipinski definition) is 5. The van der Waals surface area contributed by atoms with Crippen molar-refractivity contribution in [2.75, 3.05) is 6.61 Å². The highest BCUT2D eigenvalue weighted by Gasteiger charge is 2.24. The lowest BCUT2D eigenvalue weighted by molar-refractivity contribution is -0.151. The molecule has 0 aliphatic rings. The third-order valence-electron chi connectivity index (χ3n) is 12.5. The number of esters is 1. The lowest BCUT2D eigenvalue weighted by Gasteiger charge is -2.24. The molecule has 3 N–H and O–H groups in total. The number of amides is 1. The molecule has 0 spiro atoms. The Hall–Kier alpha value is -2.18. The van der Waals surface area contributed by atoms with Crippen LogP contribution in [0.4, 0.5) is 0 Å². The van der Waals surface area contributed by atoms with Gasteiger partial charge in [-0.2, -0.15) is 0 Å². The van der Waals surface area contributed by atoms with E-state index >= 15 is 0 Å². The first kappa shape index (κ1) is 60.8. The van der Waals surface area contributed by atoms with Gasteiger partial charge in [-0.05, 0) is 44.9 Å². The number of aliphatic hydroxyl groups excluding tert-OH is 2. The lowest BCUT2D eigenvalue weighted by atomic mass is 10.0. The van der Waals surface area contributed by atoms with Crippen molar-refractivity contribution in [2.45, 2.75) is 296 Å². The van der Waals surface area contributed by atoms with Crippen molar-refractivity contribution < 1.29 is 24.5 Å². The van der Waals surface area contributed by atoms with E-state index in [1.54, 1.807) is 0 Å². The molecule has 0 aromatic rings. The Morgan fingerprint density at radius 1 is 0.476 bits per heavy atom. The first-order valence-corrected chi connectivity index (χ1v) is 27.4. The Morgan fingerprint density at radius 3 is 1.30 bits per heavy atom. The number of aliphatic hydroxyl groups is 2. The summed E-state index contributed by atoms with van der Waals surface area (Å²) in [7, 11) is 0. The summed E-state index contributed by atoms with van der Waals surface area (Å²) in [4.78, 5) is 26.2. The standard InChI is InChI=1S/C57H105NO5/c1-4-7-10-13-16-19-22-25-27-28-30-31-34-37-40-43-46-49-55(60)54(52-59)58-56(61)51-53(48-45-42-39-36-33-24-21-18-15-12-9-6-3)63-57(62)50-47-44-41-38-35-32-29-26-23-20-17-14-11-8-5-2/h8,11,14,17,20,23,26,29,53-55,59-60H,4-7,9-10,12-13,15-16,18-19,21-22,24-25,27-28,30-52H2,1-3H3,(H,58,61)/b11-8+,17-14+,23-20+,29-26-. The van der Waals surface area contributed by atoms with Gasteiger partial charge in [-0.3, -0.25) is 9.59 Å². The average Bonchev–Trinajstić information content (AvgIpc) is 3.28. The zero-order valence-electron chi connectivity index (χ0n) is 42.0. The van der Waals surface area contributed by atoms with Gasteiger partial charge in [0.1, 0.15) is 6.10 Å². The Bertz CT molecular complexity index is 1080. The van der Waals surface area contributed by atoms with E-state index in [0.717, 1.165) is 70.6 Å². The zero-order valence-corrected chi connectivity index (χ0v) is 42.0. The quantitative estimate of drug-likeness (QED) is 0.0321. The molecule has 3 unspecified atom stereocenters. The van der Waals surface area contributed by atoms with E-state index in [4.69, 9.17) is 4.74 Å². The van der Waals surface area contributed by atoms with Crippen LogP contribution >= 0.6 is 0 Å². The second kappa shape index (κ2) is 50.8. The van der Waals surface area contributed by atoms with Crippen LogP contribution in [0.1, 0.15) is 278 Å². The number of allylic oxidation sites excluding steroid dienone is 8. The summed E-state index contributed by atoms with van der Waals surface area (Å²) >= 11 is 0. The maximum Gasteiger partial charge on any atom is 0.306 e. The molecule has 0 heterocycles. The van der Waals surface area contributed by atoms with E-state index in [0.29, 0.717) is 19.3 Å². The fourth-order valence-corrected chi connectivity index (χ4v) is 8.38. The van der Waals surface area contributed by atoms with Crippen LogP contribution in [0.25, 0.3) is 0 Å². The van der Waals surface area contributed by atoms with Crippen molar-refractivity contribution in [1.29, 1.82) is 0 Å². The van der Waals surface area contributed by atoms with Gasteiger partial charge in [-0.25, -0.2) is 0 Å². The maximum atomic E-state index is 13.2. The molecule has 63 heavy (non-hydrogen) atoms. The number of carbonyl (C=O) groups excluding carboxylic acids is 2. The van der Waals surface area contributed by atoms with Crippen molar-refractivity contribution in [3.05, 3.63) is 48.6 Å². The van der Waals surface area contributed by atoms with Crippen LogP contribution in [0.3, 0.4) is 0 Å². The van der Waals surface area contributed by atoms with Crippen LogP contribution in [0.15, 0.2) is 48.6 Å². The number of hydrogen-bond donors (Lipinski definition) is 3. The Kier molecular flexibility index (Phi) is 49.1. The van der Waals surface area contributed by atoms with Gasteiger partial charge < -0.3 is 20.3 Å². The molecule has 0 fully saturated rings. The van der Waals surface area contributed by atoms with E-state index in [1.165, 1.54) is 161 Å². The molecule has 0 aliphatic carbocycles. The highest BCUT2D eigenvalue weighted by molar-refractivity contribution is 5.77. The van der Waals surface area contributed by atoms with Gasteiger partial charge >= 0.3 is 5.97 Å². The van der Waals surface area contributed by atoms with E-state index < -0.39 is 18.2 Å². The summed E-state index contributed by atoms with van der Waals surface area (Å²) in [6.07, 6.45) is 61.7. The van der Waals surface area contributed by atoms with Gasteiger partial charge in [0, 0.05) is 6.42 Å². The van der Waals surface area contributed by atoms with Gasteiger partial charge in [0.15, 0.2) is 0 Å². The fraction of sp³-hybridized carbons (Fsp3) is 0.825. The van der Waals surface area contributed by atoms with Crippen molar-refractivity contribution in [3.63, 3.8) is 0 Å². The summed E-state index contributed by atoms with van der Waals surface area (Å²) in [6, 6.07) is -0.705. The number of carbonyl (C=O) groups is 2. The van der Waals surface area contributed by atoms with Gasteiger partial charge in [-0.15, -0.1) is 0 Å². The molecule has 0 saturated heterocycles. The predicted molar refractivity (Wildman–Crippen MR) is 273 cm³/mol. The largest absolute Gasteiger partial charge is 0.462 e. The van der Waals surface area contributed by atoms with Crippen molar-refractivity contribution in [2.24, 2.45) is 0 Å². The van der Waals surface area contributed by atoms with Crippen molar-refractivity contribution >= 4 is 11.9 Å². The van der Waals surface area contributed by atoms with Crippen LogP contribution in [-0.2, 0) is 14.3 Å². The van der Waals surface area contributed by atoms with Crippen LogP contribution in [0.2, 0.25) is 0 Å². The summed E-state index contributed by atoms with van der Waals surface area (Å²) in [6.45, 7) is 6.36. The van der Waals surface area contributed by atoms with Gasteiger partial charge in [0.2, 0.25) is 5.91 Å². The second-order valence-corrected chi connectivity index (χ2v) is 18.7. The lowest BCUT2D eigenvalue weighted by Crippen LogP contribution is -2.46. The normalized spacial score (nSPS) is 13.5. The molecule has 6 nitrogen and oxygen atoms in total. The molecular formula is C57H105NO5. The SMILES string of the molecule is CC/C=C/C=C/C=C/C=C\CCCCCCCC(=O)OC(CCCCCCCCCCCCCC)CC(=O)NC(CO)C(O)CCCCCCCCCCCCCCCCCCC. The minimum Gasteiger partial charge on any atom is -0.462 e. The summed E-state index contributed by atoms with van der Waals surface area (Å²) in [5.41, 5.74) is 0. The van der Waals surface area contributed by atoms with Gasteiger partial charge in [0.05, 0.1) is 25.2 Å². The number of nitrogens with one attached hydrogen (secondary N) is 1. The zero-order chi connectivity index (χ0) is 45.9. The van der Waals surface area contributed by atoms with Gasteiger partial charge in [0.25, 0.3) is 0 Å². The Balaban J connectivity index is 4.51. The maximum absolute atomic E-state index is 13.2. The van der Waals surface area contributed by atoms with Crippen LogP contribution in [0, 0.1) is 0 Å². The minimum absolute atomic E-state index is 0.0705. The van der Waals surface area contributed by atoms with Crippen molar-refractivity contribution in [3.8, 4) is 0 Å². The van der Waals surface area contributed by atoms with Gasteiger partial charge in [-0.1, -0.05) is 268 Å². The third kappa shape index (κ3) is 46.2. The van der Waals surface area contributed by atoms with Crippen LogP contribution in [-0.4, -0.2) is 46.9 Å². The highest BCUT2D eigenvalue weighted by atomic mass is 16.5. The molecule has 0 aliphatic heterocycles. The van der Waals surface area contributed by atoms with Crippen molar-refractivity contribution in [1.82, 2.24) is 5.32 Å². The summed E-state index contributed by atoms with van der Waals surface area (Å²) in [5.74, 6) is -0.490. The number of unbranched alkanes of at least 4 members (excludes halogenated alkanes) is 32. The molecule has 0 radical (unpaired) electrons. The molecule has 0 aromatic heterocycles. The Morgan fingerprint density at radius 2 is 0.857 bits per heavy atom. The molecule has 0 saturated carbocycles. The topological polar surface area (TPSA) is 95.9 Å². The van der Waals surface area contributed by atoms with E-state index in [1.807, 2.05) is 18.2 Å². The second-order valence-electron chi connectivity index (χ2n) is 18.7. The highest BCUT2D eigenvalue weighted by Crippen LogP contribution is 2.19. The van der Waals surface area contributed by atoms with E-state index in [-0.39, 0.29) is 24.9 Å². The molecule has 6 heteroatoms. The van der Waals surface area contributed by atoms with E-state index in [2.05, 4.69) is 56.5 Å². The van der Waals surface area contributed by atoms with Crippen LogP contribution < -0.4 is 5.32 Å². The summed E-state index contributed by atoms with van der Waals surface area (Å²) in [5, 5.41) is 23.8. The molecule has 0 rings (SSSR count). The number of rotatable bonds is 49. The minimum atomic E-state index is -0.791. The first-order valence-electron chi connectivity index (χ1n) is 27.4.